The first-order valence-corrected chi connectivity index (χ1v) is 7.63. The van der Waals surface area contributed by atoms with E-state index in [-0.39, 0.29) is 17.3 Å². The second-order valence-corrected chi connectivity index (χ2v) is 5.28. The molecule has 0 saturated carbocycles. The third kappa shape index (κ3) is 4.75. The average molecular weight is 304 g/mol. The molecule has 0 aliphatic carbocycles. The molecular formula is C15H16N2O3S. The van der Waals surface area contributed by atoms with Gasteiger partial charge in [-0.1, -0.05) is 49.0 Å². The number of aromatic amines is 1. The van der Waals surface area contributed by atoms with Crippen LogP contribution in [-0.2, 0) is 9.53 Å². The van der Waals surface area contributed by atoms with E-state index in [0.717, 1.165) is 23.7 Å². The van der Waals surface area contributed by atoms with E-state index in [1.165, 1.54) is 6.07 Å². The van der Waals surface area contributed by atoms with Crippen LogP contribution < -0.4 is 5.56 Å². The van der Waals surface area contributed by atoms with Crippen molar-refractivity contribution >= 4 is 17.7 Å². The molecule has 5 nitrogen and oxygen atoms in total. The number of H-pyrrole nitrogens is 1. The largest absolute Gasteiger partial charge is 0.465 e. The third-order valence-corrected chi connectivity index (χ3v) is 3.43. The second kappa shape index (κ2) is 7.64. The van der Waals surface area contributed by atoms with Crippen molar-refractivity contribution in [1.29, 1.82) is 0 Å². The number of rotatable bonds is 6. The van der Waals surface area contributed by atoms with Crippen LogP contribution in [0.5, 0.6) is 0 Å². The molecule has 0 atom stereocenters. The molecule has 1 heterocycles. The van der Waals surface area contributed by atoms with E-state index in [1.54, 1.807) is 0 Å². The van der Waals surface area contributed by atoms with Gasteiger partial charge in [0.05, 0.1) is 18.1 Å². The highest BCUT2D eigenvalue weighted by atomic mass is 32.2. The Morgan fingerprint density at radius 1 is 1.33 bits per heavy atom. The summed E-state index contributed by atoms with van der Waals surface area (Å²) in [6.07, 6.45) is 0.787. The fourth-order valence-corrected chi connectivity index (χ4v) is 2.32. The zero-order chi connectivity index (χ0) is 15.1. The molecule has 0 unspecified atom stereocenters. The number of benzene rings is 1. The van der Waals surface area contributed by atoms with E-state index in [1.807, 2.05) is 37.3 Å². The smallest absolute Gasteiger partial charge is 0.316 e. The monoisotopic (exact) mass is 304 g/mol. The van der Waals surface area contributed by atoms with Gasteiger partial charge in [0.25, 0.3) is 5.56 Å². The van der Waals surface area contributed by atoms with Gasteiger partial charge >= 0.3 is 5.97 Å². The van der Waals surface area contributed by atoms with Gasteiger partial charge in [-0.05, 0) is 6.42 Å². The number of nitrogens with one attached hydrogen (secondary N) is 1. The summed E-state index contributed by atoms with van der Waals surface area (Å²) < 4.78 is 4.98. The van der Waals surface area contributed by atoms with Crippen LogP contribution in [0.15, 0.2) is 46.3 Å². The summed E-state index contributed by atoms with van der Waals surface area (Å²) in [7, 11) is 0. The maximum absolute atomic E-state index is 11.7. The highest BCUT2D eigenvalue weighted by molar-refractivity contribution is 7.99. The number of nitrogens with zero attached hydrogens (tertiary/aromatic N) is 1. The van der Waals surface area contributed by atoms with E-state index < -0.39 is 0 Å². The molecule has 2 aromatic rings. The van der Waals surface area contributed by atoms with Crippen LogP contribution in [-0.4, -0.2) is 28.3 Å². The standard InChI is InChI=1S/C15H16N2O3S/c1-2-8-20-14(19)10-21-15-16-12(9-13(18)17-15)11-6-4-3-5-7-11/h3-7,9H,2,8,10H2,1H3,(H,16,17,18). The summed E-state index contributed by atoms with van der Waals surface area (Å²) in [5, 5.41) is 0.412. The summed E-state index contributed by atoms with van der Waals surface area (Å²) in [6.45, 7) is 2.34. The first-order valence-electron chi connectivity index (χ1n) is 6.64. The van der Waals surface area contributed by atoms with Crippen LogP contribution in [0.3, 0.4) is 0 Å². The van der Waals surface area contributed by atoms with Gasteiger partial charge in [0.15, 0.2) is 5.16 Å². The lowest BCUT2D eigenvalue weighted by Gasteiger charge is -2.05. The topological polar surface area (TPSA) is 72.0 Å². The number of carbonyl (C=O) groups is 1. The van der Waals surface area contributed by atoms with Crippen molar-refractivity contribution in [3.05, 3.63) is 46.8 Å². The lowest BCUT2D eigenvalue weighted by Crippen LogP contribution is -2.11. The molecule has 0 aliphatic rings. The van der Waals surface area contributed by atoms with E-state index in [2.05, 4.69) is 9.97 Å². The van der Waals surface area contributed by atoms with Crippen LogP contribution in [0.1, 0.15) is 13.3 Å². The molecule has 21 heavy (non-hydrogen) atoms. The molecule has 110 valence electrons. The highest BCUT2D eigenvalue weighted by Gasteiger charge is 2.08. The molecule has 0 amide bonds. The number of hydrogen-bond acceptors (Lipinski definition) is 5. The SMILES string of the molecule is CCCOC(=O)CSc1nc(-c2ccccc2)cc(=O)[nH]1. The molecule has 0 bridgehead atoms. The number of thioether (sulfide) groups is 1. The Balaban J connectivity index is 2.09. The zero-order valence-electron chi connectivity index (χ0n) is 11.7. The van der Waals surface area contributed by atoms with Crippen LogP contribution in [0.2, 0.25) is 0 Å². The molecule has 0 spiro atoms. The quantitative estimate of drug-likeness (QED) is 0.504. The molecule has 1 aromatic heterocycles. The lowest BCUT2D eigenvalue weighted by atomic mass is 10.1. The van der Waals surface area contributed by atoms with E-state index in [9.17, 15) is 9.59 Å². The van der Waals surface area contributed by atoms with Crippen molar-refractivity contribution in [3.8, 4) is 11.3 Å². The first kappa shape index (κ1) is 15.3. The summed E-state index contributed by atoms with van der Waals surface area (Å²) in [5.41, 5.74) is 1.20. The summed E-state index contributed by atoms with van der Waals surface area (Å²) in [4.78, 5) is 30.1. The fraction of sp³-hybridized carbons (Fsp3) is 0.267. The van der Waals surface area contributed by atoms with Crippen molar-refractivity contribution < 1.29 is 9.53 Å². The molecular weight excluding hydrogens is 288 g/mol. The van der Waals surface area contributed by atoms with Crippen molar-refractivity contribution in [2.45, 2.75) is 18.5 Å². The van der Waals surface area contributed by atoms with Crippen LogP contribution in [0.4, 0.5) is 0 Å². The maximum Gasteiger partial charge on any atom is 0.316 e. The van der Waals surface area contributed by atoms with Crippen LogP contribution >= 0.6 is 11.8 Å². The van der Waals surface area contributed by atoms with E-state index in [4.69, 9.17) is 4.74 Å². The second-order valence-electron chi connectivity index (χ2n) is 4.31. The Hall–Kier alpha value is -2.08. The predicted molar refractivity (Wildman–Crippen MR) is 82.3 cm³/mol. The highest BCUT2D eigenvalue weighted by Crippen LogP contribution is 2.18. The Kier molecular flexibility index (Phi) is 5.57. The Labute approximate surface area is 126 Å². The van der Waals surface area contributed by atoms with Gasteiger partial charge in [-0.25, -0.2) is 4.98 Å². The molecule has 1 N–H and O–H groups in total. The van der Waals surface area contributed by atoms with Crippen molar-refractivity contribution in [2.75, 3.05) is 12.4 Å². The van der Waals surface area contributed by atoms with Crippen LogP contribution in [0, 0.1) is 0 Å². The van der Waals surface area contributed by atoms with Gasteiger partial charge in [-0.2, -0.15) is 0 Å². The molecule has 2 rings (SSSR count). The van der Waals surface area contributed by atoms with E-state index >= 15 is 0 Å². The number of esters is 1. The van der Waals surface area contributed by atoms with Crippen LogP contribution in [0.25, 0.3) is 11.3 Å². The van der Waals surface area contributed by atoms with Gasteiger partial charge in [0.2, 0.25) is 0 Å². The lowest BCUT2D eigenvalue weighted by molar-refractivity contribution is -0.140. The van der Waals surface area contributed by atoms with E-state index in [0.29, 0.717) is 17.5 Å². The summed E-state index contributed by atoms with van der Waals surface area (Å²) >= 11 is 1.16. The minimum atomic E-state index is -0.311. The Bertz CT molecular complexity index is 655. The number of aromatic nitrogens is 2. The van der Waals surface area contributed by atoms with Gasteiger partial charge < -0.3 is 9.72 Å². The van der Waals surface area contributed by atoms with Crippen molar-refractivity contribution in [2.24, 2.45) is 0 Å². The predicted octanol–water partition coefficient (Wildman–Crippen LogP) is 2.48. The normalized spacial score (nSPS) is 10.3. The fourth-order valence-electron chi connectivity index (χ4n) is 1.65. The van der Waals surface area contributed by atoms with Crippen molar-refractivity contribution in [3.63, 3.8) is 0 Å². The molecule has 0 fully saturated rings. The molecule has 0 aliphatic heterocycles. The van der Waals surface area contributed by atoms with Gasteiger partial charge in [0, 0.05) is 11.6 Å². The third-order valence-electron chi connectivity index (χ3n) is 2.58. The number of hydrogen-bond donors (Lipinski definition) is 1. The molecule has 0 saturated heterocycles. The molecule has 6 heteroatoms. The van der Waals surface area contributed by atoms with Crippen molar-refractivity contribution in [1.82, 2.24) is 9.97 Å². The van der Waals surface area contributed by atoms with Gasteiger partial charge in [-0.3, -0.25) is 9.59 Å². The maximum atomic E-state index is 11.7. The molecule has 0 radical (unpaired) electrons. The minimum absolute atomic E-state index is 0.126. The zero-order valence-corrected chi connectivity index (χ0v) is 12.5. The first-order chi connectivity index (χ1) is 10.2. The number of carbonyl (C=O) groups excluding carboxylic acids is 1. The summed E-state index contributed by atoms with van der Waals surface area (Å²) in [5.74, 6) is -0.184. The average Bonchev–Trinajstić information content (AvgIpc) is 2.51. The summed E-state index contributed by atoms with van der Waals surface area (Å²) in [6, 6.07) is 10.9. The van der Waals surface area contributed by atoms with Gasteiger partial charge in [0.1, 0.15) is 0 Å². The minimum Gasteiger partial charge on any atom is -0.465 e. The van der Waals surface area contributed by atoms with Gasteiger partial charge in [-0.15, -0.1) is 0 Å². The molecule has 1 aromatic carbocycles. The Morgan fingerprint density at radius 3 is 2.81 bits per heavy atom. The number of ether oxygens (including phenoxy) is 1. The Morgan fingerprint density at radius 2 is 2.10 bits per heavy atom.